The van der Waals surface area contributed by atoms with Crippen molar-refractivity contribution in [3.8, 4) is 11.8 Å². The standard InChI is InChI=1S/C10H6BrF5N2O/c11-3-5-4-18-6(1-2-17)8(7(5)9(12)13)19-10(14,15)16/h4,9H,1,3H2. The second-order valence-electron chi connectivity index (χ2n) is 3.29. The zero-order valence-corrected chi connectivity index (χ0v) is 10.7. The molecule has 0 aliphatic carbocycles. The largest absolute Gasteiger partial charge is 0.573 e. The third kappa shape index (κ3) is 4.02. The second kappa shape index (κ2) is 6.14. The summed E-state index contributed by atoms with van der Waals surface area (Å²) < 4.78 is 66.1. The molecule has 1 heterocycles. The third-order valence-electron chi connectivity index (χ3n) is 2.06. The highest BCUT2D eigenvalue weighted by Gasteiger charge is 2.35. The predicted octanol–water partition coefficient (Wildman–Crippen LogP) is 3.88. The van der Waals surface area contributed by atoms with Crippen molar-refractivity contribution in [2.24, 2.45) is 0 Å². The minimum Gasteiger partial charge on any atom is -0.403 e. The van der Waals surface area contributed by atoms with Gasteiger partial charge in [0.2, 0.25) is 0 Å². The van der Waals surface area contributed by atoms with E-state index in [1.54, 1.807) is 6.07 Å². The van der Waals surface area contributed by atoms with Crippen molar-refractivity contribution in [2.75, 3.05) is 0 Å². The van der Waals surface area contributed by atoms with Gasteiger partial charge < -0.3 is 4.74 Å². The van der Waals surface area contributed by atoms with Crippen LogP contribution in [0.25, 0.3) is 0 Å². The van der Waals surface area contributed by atoms with Crippen LogP contribution in [0.2, 0.25) is 0 Å². The van der Waals surface area contributed by atoms with Crippen LogP contribution in [0.1, 0.15) is 23.2 Å². The lowest BCUT2D eigenvalue weighted by molar-refractivity contribution is -0.275. The Morgan fingerprint density at radius 1 is 1.42 bits per heavy atom. The van der Waals surface area contributed by atoms with Crippen LogP contribution in [0, 0.1) is 11.3 Å². The minimum absolute atomic E-state index is 0.110. The van der Waals surface area contributed by atoms with E-state index >= 15 is 0 Å². The Balaban J connectivity index is 3.45. The fraction of sp³-hybridized carbons (Fsp3) is 0.400. The number of hydrogen-bond donors (Lipinski definition) is 0. The first-order chi connectivity index (χ1) is 8.80. The summed E-state index contributed by atoms with van der Waals surface area (Å²) >= 11 is 2.88. The molecule has 9 heteroatoms. The number of hydrogen-bond acceptors (Lipinski definition) is 3. The Morgan fingerprint density at radius 2 is 2.05 bits per heavy atom. The highest BCUT2D eigenvalue weighted by atomic mass is 79.9. The van der Waals surface area contributed by atoms with Gasteiger partial charge in [-0.1, -0.05) is 15.9 Å². The molecule has 0 aromatic carbocycles. The first-order valence-corrected chi connectivity index (χ1v) is 5.89. The molecule has 0 fully saturated rings. The monoisotopic (exact) mass is 344 g/mol. The normalized spacial score (nSPS) is 11.5. The maximum Gasteiger partial charge on any atom is 0.573 e. The van der Waals surface area contributed by atoms with E-state index < -0.39 is 36.2 Å². The van der Waals surface area contributed by atoms with Gasteiger partial charge in [-0.15, -0.1) is 13.2 Å². The van der Waals surface area contributed by atoms with Crippen molar-refractivity contribution in [1.29, 1.82) is 5.26 Å². The van der Waals surface area contributed by atoms with Crippen LogP contribution in [0.4, 0.5) is 22.0 Å². The molecular weight excluding hydrogens is 339 g/mol. The molecule has 0 saturated carbocycles. The summed E-state index contributed by atoms with van der Waals surface area (Å²) in [4.78, 5) is 3.56. The molecule has 0 saturated heterocycles. The zero-order valence-electron chi connectivity index (χ0n) is 9.14. The van der Waals surface area contributed by atoms with Crippen LogP contribution in [-0.2, 0) is 11.8 Å². The maximum absolute atomic E-state index is 12.9. The molecule has 0 aliphatic heterocycles. The summed E-state index contributed by atoms with van der Waals surface area (Å²) in [6.07, 6.45) is -7.88. The van der Waals surface area contributed by atoms with E-state index in [4.69, 9.17) is 5.26 Å². The van der Waals surface area contributed by atoms with Crippen molar-refractivity contribution in [2.45, 2.75) is 24.5 Å². The van der Waals surface area contributed by atoms with Gasteiger partial charge in [0.05, 0.1) is 23.7 Å². The topological polar surface area (TPSA) is 45.9 Å². The third-order valence-corrected chi connectivity index (χ3v) is 2.66. The fourth-order valence-electron chi connectivity index (χ4n) is 1.36. The minimum atomic E-state index is -5.14. The molecule has 1 aromatic heterocycles. The molecule has 0 radical (unpaired) electrons. The van der Waals surface area contributed by atoms with Crippen LogP contribution in [0.15, 0.2) is 6.20 Å². The lowest BCUT2D eigenvalue weighted by Gasteiger charge is -2.17. The van der Waals surface area contributed by atoms with E-state index in [0.29, 0.717) is 0 Å². The predicted molar refractivity (Wildman–Crippen MR) is 57.8 cm³/mol. The van der Waals surface area contributed by atoms with Crippen LogP contribution in [0.5, 0.6) is 5.75 Å². The number of ether oxygens (including phenoxy) is 1. The molecule has 0 N–H and O–H groups in total. The van der Waals surface area contributed by atoms with Gasteiger partial charge in [-0.2, -0.15) is 5.26 Å². The van der Waals surface area contributed by atoms with E-state index in [-0.39, 0.29) is 10.9 Å². The van der Waals surface area contributed by atoms with Crippen molar-refractivity contribution in [1.82, 2.24) is 4.98 Å². The van der Waals surface area contributed by atoms with Crippen molar-refractivity contribution < 1.29 is 26.7 Å². The first-order valence-electron chi connectivity index (χ1n) is 4.77. The number of halogens is 6. The lowest BCUT2D eigenvalue weighted by Crippen LogP contribution is -2.20. The molecule has 104 valence electrons. The maximum atomic E-state index is 12.9. The quantitative estimate of drug-likeness (QED) is 0.615. The average molecular weight is 345 g/mol. The van der Waals surface area contributed by atoms with E-state index in [0.717, 1.165) is 6.20 Å². The van der Waals surface area contributed by atoms with E-state index in [9.17, 15) is 22.0 Å². The van der Waals surface area contributed by atoms with E-state index in [2.05, 4.69) is 25.7 Å². The Labute approximate surface area is 113 Å². The van der Waals surface area contributed by atoms with Crippen molar-refractivity contribution in [3.63, 3.8) is 0 Å². The summed E-state index contributed by atoms with van der Waals surface area (Å²) in [5.41, 5.74) is -1.51. The van der Waals surface area contributed by atoms with Gasteiger partial charge in [-0.3, -0.25) is 4.98 Å². The Morgan fingerprint density at radius 3 is 2.47 bits per heavy atom. The molecule has 0 atom stereocenters. The van der Waals surface area contributed by atoms with E-state index in [1.807, 2.05) is 0 Å². The molecule has 0 amide bonds. The average Bonchev–Trinajstić information content (AvgIpc) is 2.28. The number of rotatable bonds is 4. The van der Waals surface area contributed by atoms with Gasteiger partial charge in [0.25, 0.3) is 6.43 Å². The molecule has 1 rings (SSSR count). The van der Waals surface area contributed by atoms with Gasteiger partial charge in [0.1, 0.15) is 0 Å². The SMILES string of the molecule is N#CCc1ncc(CBr)c(C(F)F)c1OC(F)(F)F. The highest BCUT2D eigenvalue weighted by molar-refractivity contribution is 9.08. The van der Waals surface area contributed by atoms with Gasteiger partial charge in [0.15, 0.2) is 5.75 Å². The Kier molecular flexibility index (Phi) is 5.05. The summed E-state index contributed by atoms with van der Waals surface area (Å²) in [6.45, 7) is 0. The molecule has 0 spiro atoms. The van der Waals surface area contributed by atoms with Gasteiger partial charge in [0, 0.05) is 11.5 Å². The van der Waals surface area contributed by atoms with Crippen LogP contribution >= 0.6 is 15.9 Å². The van der Waals surface area contributed by atoms with Crippen molar-refractivity contribution >= 4 is 15.9 Å². The smallest absolute Gasteiger partial charge is 0.403 e. The Bertz CT molecular complexity index is 498. The van der Waals surface area contributed by atoms with Crippen LogP contribution in [0.3, 0.4) is 0 Å². The molecule has 3 nitrogen and oxygen atoms in total. The highest BCUT2D eigenvalue weighted by Crippen LogP contribution is 2.38. The molecule has 1 aromatic rings. The van der Waals surface area contributed by atoms with Gasteiger partial charge in [-0.25, -0.2) is 8.78 Å². The number of nitrogens with zero attached hydrogens (tertiary/aromatic N) is 2. The summed E-state index contributed by atoms with van der Waals surface area (Å²) in [6, 6.07) is 1.55. The first kappa shape index (κ1) is 15.6. The molecule has 0 bridgehead atoms. The lowest BCUT2D eigenvalue weighted by atomic mass is 10.1. The molecule has 0 unspecified atom stereocenters. The molecule has 0 aliphatic rings. The van der Waals surface area contributed by atoms with E-state index in [1.165, 1.54) is 0 Å². The summed E-state index contributed by atoms with van der Waals surface area (Å²) in [7, 11) is 0. The summed E-state index contributed by atoms with van der Waals surface area (Å²) in [5, 5.41) is 8.36. The zero-order chi connectivity index (χ0) is 14.6. The number of alkyl halides is 6. The second-order valence-corrected chi connectivity index (χ2v) is 3.85. The van der Waals surface area contributed by atoms with Gasteiger partial charge >= 0.3 is 6.36 Å². The number of nitriles is 1. The summed E-state index contributed by atoms with van der Waals surface area (Å²) in [5.74, 6) is -1.10. The number of aromatic nitrogens is 1. The van der Waals surface area contributed by atoms with Crippen LogP contribution in [-0.4, -0.2) is 11.3 Å². The van der Waals surface area contributed by atoms with Gasteiger partial charge in [-0.05, 0) is 5.56 Å². The Hall–Kier alpha value is -1.43. The van der Waals surface area contributed by atoms with Crippen LogP contribution < -0.4 is 4.74 Å². The molecule has 19 heavy (non-hydrogen) atoms. The fourth-order valence-corrected chi connectivity index (χ4v) is 1.81. The molecular formula is C10H6BrF5N2O. The number of pyridine rings is 1. The van der Waals surface area contributed by atoms with Crippen molar-refractivity contribution in [3.05, 3.63) is 23.0 Å².